The van der Waals surface area contributed by atoms with Crippen molar-refractivity contribution in [3.63, 3.8) is 0 Å². The summed E-state index contributed by atoms with van der Waals surface area (Å²) in [6, 6.07) is 14.2. The molecule has 0 amide bonds. The van der Waals surface area contributed by atoms with Crippen molar-refractivity contribution in [2.45, 2.75) is 11.7 Å². The Kier molecular flexibility index (Phi) is 5.26. The molecule has 0 bridgehead atoms. The maximum absolute atomic E-state index is 12.3. The summed E-state index contributed by atoms with van der Waals surface area (Å²) in [4.78, 5) is 18.3. The van der Waals surface area contributed by atoms with E-state index < -0.39 is 16.0 Å². The van der Waals surface area contributed by atoms with E-state index >= 15 is 0 Å². The van der Waals surface area contributed by atoms with Crippen LogP contribution in [0, 0.1) is 0 Å². The summed E-state index contributed by atoms with van der Waals surface area (Å²) in [5, 5.41) is 0.655. The van der Waals surface area contributed by atoms with E-state index in [1.54, 1.807) is 17.4 Å². The fourth-order valence-corrected chi connectivity index (χ4v) is 5.23. The standard InChI is InChI=1S/C19H16N2O5S3/c1-21(2)29(23,24)17-10-7-12(26-17)11-25-19(22)16-9-8-15(27-16)18-20-13-5-3-4-6-14(13)28-18/h3-10H,11H2,1-2H3. The van der Waals surface area contributed by atoms with E-state index in [0.717, 1.165) is 24.4 Å². The Balaban J connectivity index is 1.44. The lowest BCUT2D eigenvalue weighted by Crippen LogP contribution is -2.21. The molecule has 0 radical (unpaired) electrons. The fraction of sp³-hybridized carbons (Fsp3) is 0.158. The zero-order valence-electron chi connectivity index (χ0n) is 15.5. The summed E-state index contributed by atoms with van der Waals surface area (Å²) in [7, 11) is -0.835. The third kappa shape index (κ3) is 3.97. The van der Waals surface area contributed by atoms with Gasteiger partial charge in [0, 0.05) is 14.1 Å². The number of carbonyl (C=O) groups excluding carboxylic acids is 1. The number of esters is 1. The van der Waals surface area contributed by atoms with Crippen LogP contribution in [0.15, 0.2) is 58.0 Å². The first-order valence-electron chi connectivity index (χ1n) is 8.49. The topological polar surface area (TPSA) is 89.7 Å². The normalized spacial score (nSPS) is 12.0. The lowest BCUT2D eigenvalue weighted by molar-refractivity contribution is 0.0446. The number of fused-ring (bicyclic) bond motifs is 1. The van der Waals surface area contributed by atoms with Crippen LogP contribution in [-0.2, 0) is 21.4 Å². The van der Waals surface area contributed by atoms with Crippen LogP contribution in [-0.4, -0.2) is 37.8 Å². The van der Waals surface area contributed by atoms with Crippen molar-refractivity contribution >= 4 is 48.9 Å². The molecule has 0 aliphatic rings. The Labute approximate surface area is 175 Å². The van der Waals surface area contributed by atoms with Crippen molar-refractivity contribution < 1.29 is 22.4 Å². The lowest BCUT2D eigenvalue weighted by Gasteiger charge is -2.07. The van der Waals surface area contributed by atoms with Crippen LogP contribution in [0.25, 0.3) is 20.1 Å². The van der Waals surface area contributed by atoms with Crippen molar-refractivity contribution in [3.8, 4) is 9.88 Å². The van der Waals surface area contributed by atoms with E-state index in [0.29, 0.717) is 4.88 Å². The smallest absolute Gasteiger partial charge is 0.348 e. The number of para-hydroxylation sites is 1. The van der Waals surface area contributed by atoms with E-state index in [2.05, 4.69) is 4.98 Å². The monoisotopic (exact) mass is 448 g/mol. The molecule has 0 aliphatic carbocycles. The minimum Gasteiger partial charge on any atom is -0.453 e. The van der Waals surface area contributed by atoms with Gasteiger partial charge in [-0.1, -0.05) is 12.1 Å². The van der Waals surface area contributed by atoms with Gasteiger partial charge in [0.15, 0.2) is 0 Å². The van der Waals surface area contributed by atoms with Crippen LogP contribution in [0.2, 0.25) is 0 Å². The highest BCUT2D eigenvalue weighted by Gasteiger charge is 2.22. The third-order valence-corrected chi connectivity index (χ3v) is 7.99. The minimum atomic E-state index is -3.66. The second-order valence-corrected chi connectivity index (χ2v) is 10.4. The number of benzene rings is 1. The largest absolute Gasteiger partial charge is 0.453 e. The van der Waals surface area contributed by atoms with Gasteiger partial charge in [0.2, 0.25) is 5.09 Å². The average Bonchev–Trinajstić information content (AvgIpc) is 3.44. The maximum atomic E-state index is 12.3. The molecule has 0 spiro atoms. The molecule has 0 fully saturated rings. The molecule has 4 aromatic rings. The highest BCUT2D eigenvalue weighted by atomic mass is 32.2. The van der Waals surface area contributed by atoms with Gasteiger partial charge in [0.25, 0.3) is 10.0 Å². The van der Waals surface area contributed by atoms with Gasteiger partial charge in [-0.15, -0.1) is 22.7 Å². The number of aromatic nitrogens is 1. The van der Waals surface area contributed by atoms with Crippen molar-refractivity contribution in [2.75, 3.05) is 14.1 Å². The van der Waals surface area contributed by atoms with Gasteiger partial charge in [-0.25, -0.2) is 22.5 Å². The summed E-state index contributed by atoms with van der Waals surface area (Å²) in [6.07, 6.45) is 0. The summed E-state index contributed by atoms with van der Waals surface area (Å²) in [5.41, 5.74) is 0.923. The Morgan fingerprint density at radius 3 is 2.66 bits per heavy atom. The summed E-state index contributed by atoms with van der Waals surface area (Å²) in [6.45, 7) is -0.157. The molecular formula is C19H16N2O5S3. The molecule has 0 saturated carbocycles. The average molecular weight is 449 g/mol. The van der Waals surface area contributed by atoms with E-state index in [1.807, 2.05) is 30.3 Å². The van der Waals surface area contributed by atoms with Crippen molar-refractivity contribution in [2.24, 2.45) is 0 Å². The highest BCUT2D eigenvalue weighted by molar-refractivity contribution is 7.88. The molecular weight excluding hydrogens is 432 g/mol. The number of furan rings is 1. The third-order valence-electron chi connectivity index (χ3n) is 4.03. The van der Waals surface area contributed by atoms with Crippen LogP contribution >= 0.6 is 22.7 Å². The van der Waals surface area contributed by atoms with E-state index in [-0.39, 0.29) is 17.5 Å². The van der Waals surface area contributed by atoms with Crippen molar-refractivity contribution in [1.82, 2.24) is 9.29 Å². The molecule has 1 aromatic carbocycles. The number of thiazole rings is 1. The Bertz CT molecular complexity index is 1250. The van der Waals surface area contributed by atoms with Crippen LogP contribution in [0.3, 0.4) is 0 Å². The molecule has 29 heavy (non-hydrogen) atoms. The first-order valence-corrected chi connectivity index (χ1v) is 11.6. The number of sulfonamides is 1. The zero-order valence-corrected chi connectivity index (χ0v) is 17.9. The van der Waals surface area contributed by atoms with Gasteiger partial charge >= 0.3 is 5.97 Å². The number of hydrogen-bond acceptors (Lipinski definition) is 8. The van der Waals surface area contributed by atoms with Gasteiger partial charge in [0.05, 0.1) is 15.1 Å². The van der Waals surface area contributed by atoms with E-state index in [9.17, 15) is 13.2 Å². The summed E-state index contributed by atoms with van der Waals surface area (Å²) >= 11 is 2.86. The van der Waals surface area contributed by atoms with Crippen LogP contribution in [0.4, 0.5) is 0 Å². The molecule has 0 unspecified atom stereocenters. The van der Waals surface area contributed by atoms with Gasteiger partial charge in [-0.05, 0) is 36.4 Å². The lowest BCUT2D eigenvalue weighted by atomic mass is 10.3. The molecule has 0 saturated heterocycles. The number of carbonyl (C=O) groups is 1. The minimum absolute atomic E-state index is 0.157. The van der Waals surface area contributed by atoms with Gasteiger partial charge in [-0.3, -0.25) is 0 Å². The molecule has 3 heterocycles. The second-order valence-electron chi connectivity index (χ2n) is 6.23. The first kappa shape index (κ1) is 19.8. The molecule has 7 nitrogen and oxygen atoms in total. The zero-order chi connectivity index (χ0) is 20.6. The van der Waals surface area contributed by atoms with Crippen molar-refractivity contribution in [3.05, 3.63) is 59.2 Å². The Morgan fingerprint density at radius 1 is 1.10 bits per heavy atom. The molecule has 10 heteroatoms. The Hall–Kier alpha value is -2.53. The van der Waals surface area contributed by atoms with Gasteiger partial charge in [-0.2, -0.15) is 0 Å². The maximum Gasteiger partial charge on any atom is 0.348 e. The number of thiophene rings is 1. The van der Waals surface area contributed by atoms with Crippen LogP contribution < -0.4 is 0 Å². The molecule has 0 atom stereocenters. The summed E-state index contributed by atoms with van der Waals surface area (Å²) in [5.74, 6) is -0.252. The number of hydrogen-bond donors (Lipinski definition) is 0. The molecule has 0 aliphatic heterocycles. The van der Waals surface area contributed by atoms with Crippen LogP contribution in [0.1, 0.15) is 15.4 Å². The fourth-order valence-electron chi connectivity index (χ4n) is 2.50. The predicted octanol–water partition coefficient (Wildman–Crippen LogP) is 4.23. The predicted molar refractivity (Wildman–Crippen MR) is 112 cm³/mol. The SMILES string of the molecule is CN(C)S(=O)(=O)c1ccc(COC(=O)c2ccc(-c3nc4ccccc4s3)s2)o1. The summed E-state index contributed by atoms with van der Waals surface area (Å²) < 4.78 is 36.7. The molecule has 3 aromatic heterocycles. The van der Waals surface area contributed by atoms with E-state index in [1.165, 1.54) is 37.6 Å². The number of nitrogens with zero attached hydrogens (tertiary/aromatic N) is 2. The highest BCUT2D eigenvalue weighted by Crippen LogP contribution is 2.34. The van der Waals surface area contributed by atoms with Crippen LogP contribution in [0.5, 0.6) is 0 Å². The molecule has 4 rings (SSSR count). The van der Waals surface area contributed by atoms with Crippen molar-refractivity contribution in [1.29, 1.82) is 0 Å². The molecule has 150 valence electrons. The second kappa shape index (κ2) is 7.71. The van der Waals surface area contributed by atoms with Gasteiger partial charge in [0.1, 0.15) is 22.3 Å². The number of ether oxygens (including phenoxy) is 1. The number of rotatable bonds is 6. The first-order chi connectivity index (χ1) is 13.8. The van der Waals surface area contributed by atoms with E-state index in [4.69, 9.17) is 9.15 Å². The quantitative estimate of drug-likeness (QED) is 0.410. The Morgan fingerprint density at radius 2 is 1.90 bits per heavy atom. The molecule has 0 N–H and O–H groups in total. The van der Waals surface area contributed by atoms with Gasteiger partial charge < -0.3 is 9.15 Å².